The fraction of sp³-hybridized carbons (Fsp3) is 0.500. The zero-order chi connectivity index (χ0) is 11.9. The number of allylic oxidation sites excluding steroid dienone is 3. The normalized spacial score (nSPS) is 14.7. The van der Waals surface area contributed by atoms with Gasteiger partial charge in [0, 0.05) is 6.92 Å². The molecule has 0 aromatic heterocycles. The van der Waals surface area contributed by atoms with Gasteiger partial charge >= 0.3 is 0 Å². The lowest BCUT2D eigenvalue weighted by Crippen LogP contribution is -2.29. The molecule has 1 aliphatic rings. The third kappa shape index (κ3) is 4.78. The second kappa shape index (κ2) is 6.40. The molecule has 0 bridgehead atoms. The van der Waals surface area contributed by atoms with Gasteiger partial charge in [-0.05, 0) is 18.9 Å². The Morgan fingerprint density at radius 1 is 1.33 bits per heavy atom. The summed E-state index contributed by atoms with van der Waals surface area (Å²) in [6.07, 6.45) is 6.43. The number of hydrogen-bond donors (Lipinski definition) is 1. The van der Waals surface area contributed by atoms with E-state index in [0.717, 1.165) is 6.42 Å². The summed E-state index contributed by atoms with van der Waals surface area (Å²) in [6, 6.07) is 0. The Morgan fingerprint density at radius 3 is 2.33 bits per heavy atom. The van der Waals surface area contributed by atoms with Crippen LogP contribution in [0.1, 0.15) is 33.6 Å². The molecule has 1 rings (SSSR count). The van der Waals surface area contributed by atoms with E-state index in [0.29, 0.717) is 6.42 Å². The van der Waals surface area contributed by atoms with Gasteiger partial charge in [0.15, 0.2) is 0 Å². The van der Waals surface area contributed by atoms with Crippen molar-refractivity contribution in [2.75, 3.05) is 0 Å². The van der Waals surface area contributed by atoms with Gasteiger partial charge in [-0.1, -0.05) is 26.0 Å². The predicted octanol–water partition coefficient (Wildman–Crippen LogP) is 1.71. The van der Waals surface area contributed by atoms with Gasteiger partial charge in [0.1, 0.15) is 0 Å². The van der Waals surface area contributed by atoms with E-state index in [1.807, 2.05) is 18.6 Å². The van der Waals surface area contributed by atoms with E-state index < -0.39 is 15.9 Å². The Balaban J connectivity index is 0.000000921. The molecule has 0 fully saturated rings. The average Bonchev–Trinajstić information content (AvgIpc) is 2.20. The molecule has 0 aromatic rings. The van der Waals surface area contributed by atoms with Crippen LogP contribution in [0.2, 0.25) is 0 Å². The van der Waals surface area contributed by atoms with Gasteiger partial charge in [0.25, 0.3) is 10.0 Å². The molecule has 15 heavy (non-hydrogen) atoms. The van der Waals surface area contributed by atoms with E-state index in [9.17, 15) is 13.2 Å². The second-order valence-electron chi connectivity index (χ2n) is 2.75. The van der Waals surface area contributed by atoms with Crippen molar-refractivity contribution in [1.29, 1.82) is 0 Å². The third-order valence-electron chi connectivity index (χ3n) is 1.55. The number of hydrogen-bond acceptors (Lipinski definition) is 3. The van der Waals surface area contributed by atoms with Crippen LogP contribution in [-0.2, 0) is 14.8 Å². The molecule has 0 heterocycles. The van der Waals surface area contributed by atoms with Crippen molar-refractivity contribution in [3.05, 3.63) is 23.1 Å². The summed E-state index contributed by atoms with van der Waals surface area (Å²) in [5.41, 5.74) is 0. The minimum absolute atomic E-state index is 0.175. The van der Waals surface area contributed by atoms with E-state index in [4.69, 9.17) is 0 Å². The van der Waals surface area contributed by atoms with E-state index in [2.05, 4.69) is 0 Å². The number of carbonyl (C=O) groups excluding carboxylic acids is 1. The summed E-state index contributed by atoms with van der Waals surface area (Å²) in [5, 5.41) is 0. The number of sulfonamides is 1. The first-order valence-electron chi connectivity index (χ1n) is 4.92. The quantitative estimate of drug-likeness (QED) is 0.787. The Kier molecular flexibility index (Phi) is 5.93. The summed E-state index contributed by atoms with van der Waals surface area (Å²) in [7, 11) is -3.61. The molecule has 5 heteroatoms. The highest BCUT2D eigenvalue weighted by molar-refractivity contribution is 7.94. The number of nitrogens with one attached hydrogen (secondary N) is 1. The number of rotatable bonds is 2. The standard InChI is InChI=1S/C8H11NO3S.C2H6/c1-7(10)9-13(11,12)8-5-3-2-4-6-8;1-2/h3,5-6H,2,4H2,1H3,(H,9,10);1-2H3. The molecule has 0 saturated heterocycles. The van der Waals surface area contributed by atoms with Gasteiger partial charge in [-0.2, -0.15) is 0 Å². The van der Waals surface area contributed by atoms with Crippen LogP contribution in [-0.4, -0.2) is 14.3 Å². The molecule has 1 N–H and O–H groups in total. The molecule has 0 saturated carbocycles. The summed E-state index contributed by atoms with van der Waals surface area (Å²) in [6.45, 7) is 5.17. The van der Waals surface area contributed by atoms with E-state index in [1.165, 1.54) is 13.0 Å². The lowest BCUT2D eigenvalue weighted by molar-refractivity contribution is -0.117. The van der Waals surface area contributed by atoms with Crippen LogP contribution in [0, 0.1) is 0 Å². The molecule has 1 aliphatic carbocycles. The Bertz CT molecular complexity index is 366. The van der Waals surface area contributed by atoms with E-state index >= 15 is 0 Å². The Morgan fingerprint density at radius 2 is 1.93 bits per heavy atom. The summed E-state index contributed by atoms with van der Waals surface area (Å²) in [5.74, 6) is -0.570. The molecule has 86 valence electrons. The minimum atomic E-state index is -3.61. The van der Waals surface area contributed by atoms with Crippen molar-refractivity contribution in [1.82, 2.24) is 4.72 Å². The van der Waals surface area contributed by atoms with Gasteiger partial charge in [0.2, 0.25) is 5.91 Å². The first-order valence-corrected chi connectivity index (χ1v) is 6.41. The molecule has 0 atom stereocenters. The van der Waals surface area contributed by atoms with Gasteiger partial charge in [-0.15, -0.1) is 0 Å². The molecule has 0 spiro atoms. The second-order valence-corrected chi connectivity index (χ2v) is 4.43. The maximum absolute atomic E-state index is 11.3. The maximum atomic E-state index is 11.3. The molecule has 0 unspecified atom stereocenters. The van der Waals surface area contributed by atoms with Gasteiger partial charge in [-0.3, -0.25) is 4.79 Å². The van der Waals surface area contributed by atoms with Crippen molar-refractivity contribution >= 4 is 15.9 Å². The highest BCUT2D eigenvalue weighted by Crippen LogP contribution is 2.14. The largest absolute Gasteiger partial charge is 0.274 e. The van der Waals surface area contributed by atoms with E-state index in [1.54, 1.807) is 12.2 Å². The zero-order valence-corrected chi connectivity index (χ0v) is 10.1. The fourth-order valence-electron chi connectivity index (χ4n) is 1.04. The minimum Gasteiger partial charge on any atom is -0.274 e. The maximum Gasteiger partial charge on any atom is 0.263 e. The van der Waals surface area contributed by atoms with Crippen molar-refractivity contribution in [3.8, 4) is 0 Å². The zero-order valence-electron chi connectivity index (χ0n) is 9.28. The highest BCUT2D eigenvalue weighted by Gasteiger charge is 2.16. The molecule has 0 aromatic carbocycles. The SMILES string of the molecule is CC.CC(=O)NS(=O)(=O)C1=CCCC=C1. The van der Waals surface area contributed by atoms with Crippen LogP contribution in [0.5, 0.6) is 0 Å². The smallest absolute Gasteiger partial charge is 0.263 e. The molecule has 0 radical (unpaired) electrons. The van der Waals surface area contributed by atoms with E-state index in [-0.39, 0.29) is 4.91 Å². The Labute approximate surface area is 91.1 Å². The first-order chi connectivity index (χ1) is 7.02. The first kappa shape index (κ1) is 13.9. The van der Waals surface area contributed by atoms with Gasteiger partial charge in [-0.25, -0.2) is 13.1 Å². The van der Waals surface area contributed by atoms with Crippen LogP contribution in [0.3, 0.4) is 0 Å². The summed E-state index contributed by atoms with van der Waals surface area (Å²) >= 11 is 0. The lowest BCUT2D eigenvalue weighted by atomic mass is 10.2. The lowest BCUT2D eigenvalue weighted by Gasteiger charge is -2.07. The average molecular weight is 231 g/mol. The molecule has 4 nitrogen and oxygen atoms in total. The van der Waals surface area contributed by atoms with Crippen LogP contribution in [0.4, 0.5) is 0 Å². The number of amides is 1. The van der Waals surface area contributed by atoms with Gasteiger partial charge in [0.05, 0.1) is 4.91 Å². The predicted molar refractivity (Wildman–Crippen MR) is 60.5 cm³/mol. The highest BCUT2D eigenvalue weighted by atomic mass is 32.2. The summed E-state index contributed by atoms with van der Waals surface area (Å²) in [4.78, 5) is 10.7. The third-order valence-corrected chi connectivity index (χ3v) is 3.03. The van der Waals surface area contributed by atoms with Crippen LogP contribution < -0.4 is 4.72 Å². The monoisotopic (exact) mass is 231 g/mol. The molecule has 1 amide bonds. The molecular formula is C10H17NO3S. The van der Waals surface area contributed by atoms with Gasteiger partial charge < -0.3 is 0 Å². The topological polar surface area (TPSA) is 63.2 Å². The van der Waals surface area contributed by atoms with Crippen LogP contribution >= 0.6 is 0 Å². The van der Waals surface area contributed by atoms with Crippen molar-refractivity contribution in [2.24, 2.45) is 0 Å². The van der Waals surface area contributed by atoms with Crippen LogP contribution in [0.15, 0.2) is 23.1 Å². The fourth-order valence-corrected chi connectivity index (χ4v) is 2.15. The Hall–Kier alpha value is -1.10. The van der Waals surface area contributed by atoms with Crippen molar-refractivity contribution in [3.63, 3.8) is 0 Å². The van der Waals surface area contributed by atoms with Crippen molar-refractivity contribution < 1.29 is 13.2 Å². The molecule has 0 aliphatic heterocycles. The van der Waals surface area contributed by atoms with Crippen molar-refractivity contribution in [2.45, 2.75) is 33.6 Å². The number of carbonyl (C=O) groups is 1. The van der Waals surface area contributed by atoms with Crippen LogP contribution in [0.25, 0.3) is 0 Å². The summed E-state index contributed by atoms with van der Waals surface area (Å²) < 4.78 is 24.6. The molecular weight excluding hydrogens is 214 g/mol.